The standard InChI is InChI=1S/C18H29NO4S2/c1-14(2)13-24(20,21)17-9-11-19(12-10-17)25(22,23)18-7-5-16(6-8-18)15(3)4/h5-8,14-15,17H,9-13H2,1-4H3. The minimum atomic E-state index is -3.56. The Morgan fingerprint density at radius 3 is 1.92 bits per heavy atom. The number of sulfonamides is 1. The Kier molecular flexibility index (Phi) is 6.33. The molecule has 25 heavy (non-hydrogen) atoms. The fourth-order valence-corrected chi connectivity index (χ4v) is 6.81. The lowest BCUT2D eigenvalue weighted by atomic mass is 10.0. The van der Waals surface area contributed by atoms with Gasteiger partial charge in [-0.05, 0) is 42.4 Å². The van der Waals surface area contributed by atoms with E-state index in [0.717, 1.165) is 5.56 Å². The Hall–Kier alpha value is -0.920. The van der Waals surface area contributed by atoms with Gasteiger partial charge in [0.25, 0.3) is 0 Å². The van der Waals surface area contributed by atoms with Crippen LogP contribution in [0.25, 0.3) is 0 Å². The SMILES string of the molecule is CC(C)CS(=O)(=O)C1CCN(S(=O)(=O)c2ccc(C(C)C)cc2)CC1. The van der Waals surface area contributed by atoms with Gasteiger partial charge >= 0.3 is 0 Å². The van der Waals surface area contributed by atoms with Gasteiger partial charge in [-0.2, -0.15) is 4.31 Å². The quantitative estimate of drug-likeness (QED) is 0.752. The molecular formula is C18H29NO4S2. The van der Waals surface area contributed by atoms with Gasteiger partial charge in [0.15, 0.2) is 9.84 Å². The highest BCUT2D eigenvalue weighted by molar-refractivity contribution is 7.92. The molecule has 0 N–H and O–H groups in total. The van der Waals surface area contributed by atoms with E-state index in [1.165, 1.54) is 4.31 Å². The first kappa shape index (κ1) is 20.4. The third-order valence-corrected chi connectivity index (χ3v) is 9.19. The molecule has 0 unspecified atom stereocenters. The highest BCUT2D eigenvalue weighted by Crippen LogP contribution is 2.26. The molecule has 0 amide bonds. The van der Waals surface area contributed by atoms with Crippen molar-refractivity contribution in [2.45, 2.75) is 56.6 Å². The fraction of sp³-hybridized carbons (Fsp3) is 0.667. The summed E-state index contributed by atoms with van der Waals surface area (Å²) < 4.78 is 51.7. The van der Waals surface area contributed by atoms with Gasteiger partial charge in [-0.25, -0.2) is 16.8 Å². The van der Waals surface area contributed by atoms with Gasteiger partial charge in [0, 0.05) is 13.1 Å². The average Bonchev–Trinajstić information content (AvgIpc) is 2.54. The highest BCUT2D eigenvalue weighted by atomic mass is 32.2. The van der Waals surface area contributed by atoms with Crippen molar-refractivity contribution in [1.82, 2.24) is 4.31 Å². The van der Waals surface area contributed by atoms with Gasteiger partial charge < -0.3 is 0 Å². The first-order chi connectivity index (χ1) is 11.5. The Bertz CT molecular complexity index is 773. The third-order valence-electron chi connectivity index (χ3n) is 4.66. The van der Waals surface area contributed by atoms with Crippen LogP contribution in [0.4, 0.5) is 0 Å². The lowest BCUT2D eigenvalue weighted by Crippen LogP contribution is -2.43. The number of piperidine rings is 1. The monoisotopic (exact) mass is 387 g/mol. The molecular weight excluding hydrogens is 358 g/mol. The Morgan fingerprint density at radius 1 is 0.960 bits per heavy atom. The minimum Gasteiger partial charge on any atom is -0.229 e. The summed E-state index contributed by atoms with van der Waals surface area (Å²) in [5.74, 6) is 0.603. The predicted molar refractivity (Wildman–Crippen MR) is 101 cm³/mol. The van der Waals surface area contributed by atoms with E-state index in [4.69, 9.17) is 0 Å². The third kappa shape index (κ3) is 4.83. The summed E-state index contributed by atoms with van der Waals surface area (Å²) in [6.07, 6.45) is 0.747. The zero-order valence-electron chi connectivity index (χ0n) is 15.5. The summed E-state index contributed by atoms with van der Waals surface area (Å²) in [5.41, 5.74) is 1.09. The maximum absolute atomic E-state index is 12.8. The molecule has 1 aliphatic heterocycles. The molecule has 5 nitrogen and oxygen atoms in total. The second kappa shape index (κ2) is 7.76. The number of hydrogen-bond donors (Lipinski definition) is 0. The average molecular weight is 388 g/mol. The lowest BCUT2D eigenvalue weighted by molar-refractivity contribution is 0.345. The van der Waals surface area contributed by atoms with Crippen molar-refractivity contribution in [2.75, 3.05) is 18.8 Å². The maximum Gasteiger partial charge on any atom is 0.243 e. The molecule has 0 bridgehead atoms. The molecule has 7 heteroatoms. The maximum atomic E-state index is 12.8. The van der Waals surface area contributed by atoms with Crippen molar-refractivity contribution >= 4 is 19.9 Å². The van der Waals surface area contributed by atoms with E-state index in [-0.39, 0.29) is 29.7 Å². The largest absolute Gasteiger partial charge is 0.243 e. The second-order valence-corrected chi connectivity index (χ2v) is 11.8. The van der Waals surface area contributed by atoms with Gasteiger partial charge in [-0.1, -0.05) is 39.8 Å². The molecule has 1 aromatic carbocycles. The molecule has 0 aromatic heterocycles. The molecule has 1 aliphatic rings. The van der Waals surface area contributed by atoms with Crippen molar-refractivity contribution in [1.29, 1.82) is 0 Å². The van der Waals surface area contributed by atoms with Crippen LogP contribution in [-0.2, 0) is 19.9 Å². The van der Waals surface area contributed by atoms with Crippen LogP contribution in [0.3, 0.4) is 0 Å². The van der Waals surface area contributed by atoms with Gasteiger partial charge in [-0.15, -0.1) is 0 Å². The molecule has 2 rings (SSSR count). The number of rotatable bonds is 6. The summed E-state index contributed by atoms with van der Waals surface area (Å²) in [5, 5.41) is -0.426. The predicted octanol–water partition coefficient (Wildman–Crippen LogP) is 3.03. The number of hydrogen-bond acceptors (Lipinski definition) is 4. The fourth-order valence-electron chi connectivity index (χ4n) is 3.21. The topological polar surface area (TPSA) is 71.5 Å². The van der Waals surface area contributed by atoms with Crippen LogP contribution in [-0.4, -0.2) is 45.2 Å². The van der Waals surface area contributed by atoms with Crippen LogP contribution < -0.4 is 0 Å². The van der Waals surface area contributed by atoms with Crippen LogP contribution in [0.1, 0.15) is 52.0 Å². The van der Waals surface area contributed by atoms with Crippen molar-refractivity contribution in [3.63, 3.8) is 0 Å². The summed E-state index contributed by atoms with van der Waals surface area (Å²) in [6.45, 7) is 8.42. The summed E-state index contributed by atoms with van der Waals surface area (Å²) >= 11 is 0. The molecule has 0 radical (unpaired) electrons. The van der Waals surface area contributed by atoms with Crippen molar-refractivity contribution in [2.24, 2.45) is 5.92 Å². The van der Waals surface area contributed by atoms with E-state index in [0.29, 0.717) is 18.8 Å². The lowest BCUT2D eigenvalue weighted by Gasteiger charge is -2.31. The van der Waals surface area contributed by atoms with Crippen molar-refractivity contribution < 1.29 is 16.8 Å². The van der Waals surface area contributed by atoms with Crippen LogP contribution in [0.2, 0.25) is 0 Å². The molecule has 1 saturated heterocycles. The first-order valence-corrected chi connectivity index (χ1v) is 12.0. The molecule has 0 spiro atoms. The zero-order valence-corrected chi connectivity index (χ0v) is 17.1. The van der Waals surface area contributed by atoms with Gasteiger partial charge in [-0.3, -0.25) is 0 Å². The van der Waals surface area contributed by atoms with Crippen LogP contribution in [0.15, 0.2) is 29.2 Å². The number of sulfone groups is 1. The van der Waals surface area contributed by atoms with E-state index in [2.05, 4.69) is 13.8 Å². The Labute approximate surface area is 152 Å². The van der Waals surface area contributed by atoms with Crippen molar-refractivity contribution in [3.8, 4) is 0 Å². The van der Waals surface area contributed by atoms with Crippen LogP contribution in [0, 0.1) is 5.92 Å². The zero-order chi connectivity index (χ0) is 18.8. The van der Waals surface area contributed by atoms with Crippen molar-refractivity contribution in [3.05, 3.63) is 29.8 Å². The van der Waals surface area contributed by atoms with Gasteiger partial charge in [0.05, 0.1) is 15.9 Å². The minimum absolute atomic E-state index is 0.0891. The van der Waals surface area contributed by atoms with E-state index in [9.17, 15) is 16.8 Å². The summed E-state index contributed by atoms with van der Waals surface area (Å²) in [7, 11) is -6.71. The van der Waals surface area contributed by atoms with E-state index < -0.39 is 25.1 Å². The van der Waals surface area contributed by atoms with E-state index in [1.807, 2.05) is 26.0 Å². The molecule has 0 aliphatic carbocycles. The molecule has 1 fully saturated rings. The molecule has 1 aromatic rings. The highest BCUT2D eigenvalue weighted by Gasteiger charge is 2.35. The number of nitrogens with zero attached hydrogens (tertiary/aromatic N) is 1. The smallest absolute Gasteiger partial charge is 0.229 e. The number of benzene rings is 1. The van der Waals surface area contributed by atoms with Gasteiger partial charge in [0.2, 0.25) is 10.0 Å². The van der Waals surface area contributed by atoms with E-state index >= 15 is 0 Å². The normalized spacial score (nSPS) is 18.2. The Morgan fingerprint density at radius 2 is 1.48 bits per heavy atom. The molecule has 1 heterocycles. The van der Waals surface area contributed by atoms with Gasteiger partial charge in [0.1, 0.15) is 0 Å². The first-order valence-electron chi connectivity index (χ1n) is 8.85. The van der Waals surface area contributed by atoms with Crippen LogP contribution in [0.5, 0.6) is 0 Å². The van der Waals surface area contributed by atoms with E-state index in [1.54, 1.807) is 12.1 Å². The Balaban J connectivity index is 2.08. The molecule has 142 valence electrons. The molecule has 0 saturated carbocycles. The second-order valence-electron chi connectivity index (χ2n) is 7.55. The van der Waals surface area contributed by atoms with Crippen LogP contribution >= 0.6 is 0 Å². The summed E-state index contributed by atoms with van der Waals surface area (Å²) in [4.78, 5) is 0.278. The molecule has 0 atom stereocenters. The summed E-state index contributed by atoms with van der Waals surface area (Å²) in [6, 6.07) is 6.98.